The van der Waals surface area contributed by atoms with Crippen LogP contribution in [-0.2, 0) is 0 Å². The van der Waals surface area contributed by atoms with Crippen LogP contribution in [0.2, 0.25) is 0 Å². The molecule has 1 aliphatic carbocycles. The average molecular weight is 225 g/mol. The van der Waals surface area contributed by atoms with E-state index in [0.717, 1.165) is 16.3 Å². The Morgan fingerprint density at radius 1 is 1.33 bits per heavy atom. The van der Waals surface area contributed by atoms with Crippen LogP contribution in [0.25, 0.3) is 0 Å². The lowest BCUT2D eigenvalue weighted by molar-refractivity contribution is 0.112. The molecule has 62 valence electrons. The van der Waals surface area contributed by atoms with E-state index < -0.39 is 0 Å². The summed E-state index contributed by atoms with van der Waals surface area (Å²) in [6, 6.07) is 5.93. The molecule has 1 aromatic carbocycles. The van der Waals surface area contributed by atoms with E-state index in [9.17, 15) is 4.79 Å². The van der Waals surface area contributed by atoms with E-state index in [1.807, 2.05) is 12.1 Å². The van der Waals surface area contributed by atoms with Gasteiger partial charge >= 0.3 is 0 Å². The van der Waals surface area contributed by atoms with Crippen molar-refractivity contribution in [3.05, 3.63) is 33.8 Å². The van der Waals surface area contributed by atoms with Crippen LogP contribution < -0.4 is 0 Å². The maximum Gasteiger partial charge on any atom is 0.150 e. The van der Waals surface area contributed by atoms with Gasteiger partial charge in [0, 0.05) is 10.0 Å². The van der Waals surface area contributed by atoms with Crippen molar-refractivity contribution in [1.29, 1.82) is 0 Å². The van der Waals surface area contributed by atoms with Gasteiger partial charge in [-0.1, -0.05) is 15.9 Å². The summed E-state index contributed by atoms with van der Waals surface area (Å²) < 4.78 is 1.01. The first-order valence-corrected chi connectivity index (χ1v) is 4.84. The summed E-state index contributed by atoms with van der Waals surface area (Å²) in [6.45, 7) is 0. The number of halogens is 1. The quantitative estimate of drug-likeness (QED) is 0.706. The highest BCUT2D eigenvalue weighted by atomic mass is 79.9. The van der Waals surface area contributed by atoms with Crippen LogP contribution in [-0.4, -0.2) is 6.29 Å². The summed E-state index contributed by atoms with van der Waals surface area (Å²) >= 11 is 3.39. The summed E-state index contributed by atoms with van der Waals surface area (Å²) in [5, 5.41) is 0. The molecular formula is C10H9BrO. The third-order valence-corrected chi connectivity index (χ3v) is 2.59. The molecule has 2 heteroatoms. The maximum absolute atomic E-state index is 10.5. The molecule has 12 heavy (non-hydrogen) atoms. The van der Waals surface area contributed by atoms with Gasteiger partial charge in [-0.3, -0.25) is 4.79 Å². The lowest BCUT2D eigenvalue weighted by Gasteiger charge is -2.00. The first-order chi connectivity index (χ1) is 5.79. The molecule has 0 radical (unpaired) electrons. The van der Waals surface area contributed by atoms with Crippen molar-refractivity contribution in [2.24, 2.45) is 0 Å². The molecule has 0 aromatic heterocycles. The Balaban J connectivity index is 2.40. The Morgan fingerprint density at radius 3 is 2.67 bits per heavy atom. The zero-order valence-corrected chi connectivity index (χ0v) is 8.17. The number of hydrogen-bond donors (Lipinski definition) is 0. The van der Waals surface area contributed by atoms with Gasteiger partial charge in [-0.25, -0.2) is 0 Å². The fraction of sp³-hybridized carbons (Fsp3) is 0.300. The van der Waals surface area contributed by atoms with Gasteiger partial charge in [-0.15, -0.1) is 0 Å². The Hall–Kier alpha value is -0.630. The first kappa shape index (κ1) is 7.99. The molecule has 2 rings (SSSR count). The number of hydrogen-bond acceptors (Lipinski definition) is 1. The van der Waals surface area contributed by atoms with E-state index in [1.165, 1.54) is 18.4 Å². The number of rotatable bonds is 2. The Kier molecular flexibility index (Phi) is 2.01. The van der Waals surface area contributed by atoms with E-state index in [0.29, 0.717) is 5.92 Å². The van der Waals surface area contributed by atoms with E-state index in [2.05, 4.69) is 22.0 Å². The van der Waals surface area contributed by atoms with Crippen LogP contribution in [0.1, 0.15) is 34.7 Å². The van der Waals surface area contributed by atoms with E-state index >= 15 is 0 Å². The molecule has 1 fully saturated rings. The summed E-state index contributed by atoms with van der Waals surface area (Å²) in [7, 11) is 0. The monoisotopic (exact) mass is 224 g/mol. The third kappa shape index (κ3) is 1.58. The number of carbonyl (C=O) groups excluding carboxylic acids is 1. The number of carbonyl (C=O) groups is 1. The second-order valence-electron chi connectivity index (χ2n) is 3.21. The van der Waals surface area contributed by atoms with E-state index in [-0.39, 0.29) is 0 Å². The van der Waals surface area contributed by atoms with Crippen LogP contribution >= 0.6 is 15.9 Å². The molecule has 1 nitrogen and oxygen atoms in total. The Morgan fingerprint density at radius 2 is 2.08 bits per heavy atom. The van der Waals surface area contributed by atoms with Crippen LogP contribution in [0.15, 0.2) is 22.7 Å². The van der Waals surface area contributed by atoms with Crippen molar-refractivity contribution in [1.82, 2.24) is 0 Å². The second kappa shape index (κ2) is 3.02. The molecule has 0 unspecified atom stereocenters. The SMILES string of the molecule is O=Cc1cc(Br)cc(C2CC2)c1. The standard InChI is InChI=1S/C10H9BrO/c11-10-4-7(6-12)3-9(5-10)8-1-2-8/h3-6,8H,1-2H2. The van der Waals surface area contributed by atoms with Crippen molar-refractivity contribution < 1.29 is 4.79 Å². The largest absolute Gasteiger partial charge is 0.298 e. The van der Waals surface area contributed by atoms with Crippen LogP contribution in [0.5, 0.6) is 0 Å². The highest BCUT2D eigenvalue weighted by Crippen LogP contribution is 2.41. The van der Waals surface area contributed by atoms with Crippen molar-refractivity contribution in [3.63, 3.8) is 0 Å². The summed E-state index contributed by atoms with van der Waals surface area (Å²) in [4.78, 5) is 10.5. The molecule has 0 spiro atoms. The van der Waals surface area contributed by atoms with Gasteiger partial charge in [0.2, 0.25) is 0 Å². The molecular weight excluding hydrogens is 216 g/mol. The molecule has 0 saturated heterocycles. The third-order valence-electron chi connectivity index (χ3n) is 2.13. The molecule has 1 aliphatic rings. The highest BCUT2D eigenvalue weighted by Gasteiger charge is 2.23. The molecule has 0 aliphatic heterocycles. The van der Waals surface area contributed by atoms with Crippen LogP contribution in [0.3, 0.4) is 0 Å². The minimum atomic E-state index is 0.709. The zero-order valence-electron chi connectivity index (χ0n) is 6.59. The summed E-state index contributed by atoms with van der Waals surface area (Å²) in [6.07, 6.45) is 3.44. The van der Waals surface area contributed by atoms with Gasteiger partial charge in [0.05, 0.1) is 0 Å². The van der Waals surface area contributed by atoms with Gasteiger partial charge in [0.1, 0.15) is 6.29 Å². The smallest absolute Gasteiger partial charge is 0.150 e. The Bertz CT molecular complexity index is 316. The molecule has 0 bridgehead atoms. The summed E-state index contributed by atoms with van der Waals surface area (Å²) in [5.41, 5.74) is 2.07. The second-order valence-corrected chi connectivity index (χ2v) is 4.13. The molecule has 1 saturated carbocycles. The topological polar surface area (TPSA) is 17.1 Å². The Labute approximate surface area is 79.9 Å². The fourth-order valence-electron chi connectivity index (χ4n) is 1.36. The van der Waals surface area contributed by atoms with Gasteiger partial charge in [-0.2, -0.15) is 0 Å². The number of benzene rings is 1. The zero-order chi connectivity index (χ0) is 8.55. The van der Waals surface area contributed by atoms with Crippen molar-refractivity contribution >= 4 is 22.2 Å². The van der Waals surface area contributed by atoms with Gasteiger partial charge in [0.25, 0.3) is 0 Å². The predicted molar refractivity (Wildman–Crippen MR) is 51.5 cm³/mol. The van der Waals surface area contributed by atoms with Crippen LogP contribution in [0.4, 0.5) is 0 Å². The maximum atomic E-state index is 10.5. The lowest BCUT2D eigenvalue weighted by Crippen LogP contribution is -1.85. The van der Waals surface area contributed by atoms with E-state index in [4.69, 9.17) is 0 Å². The highest BCUT2D eigenvalue weighted by molar-refractivity contribution is 9.10. The fourth-order valence-corrected chi connectivity index (χ4v) is 1.88. The van der Waals surface area contributed by atoms with E-state index in [1.54, 1.807) is 0 Å². The minimum absolute atomic E-state index is 0.709. The van der Waals surface area contributed by atoms with Crippen molar-refractivity contribution in [2.75, 3.05) is 0 Å². The molecule has 0 N–H and O–H groups in total. The molecule has 0 amide bonds. The summed E-state index contributed by atoms with van der Waals surface area (Å²) in [5.74, 6) is 0.709. The van der Waals surface area contributed by atoms with Crippen molar-refractivity contribution in [2.45, 2.75) is 18.8 Å². The van der Waals surface area contributed by atoms with Gasteiger partial charge in [0.15, 0.2) is 0 Å². The molecule has 0 heterocycles. The lowest BCUT2D eigenvalue weighted by atomic mass is 10.1. The average Bonchev–Trinajstić information content (AvgIpc) is 2.85. The number of aldehydes is 1. The predicted octanol–water partition coefficient (Wildman–Crippen LogP) is 3.14. The molecule has 0 atom stereocenters. The van der Waals surface area contributed by atoms with Crippen molar-refractivity contribution in [3.8, 4) is 0 Å². The van der Waals surface area contributed by atoms with Crippen LogP contribution in [0, 0.1) is 0 Å². The van der Waals surface area contributed by atoms with Gasteiger partial charge in [-0.05, 0) is 42.5 Å². The normalized spacial score (nSPS) is 16.1. The first-order valence-electron chi connectivity index (χ1n) is 4.05. The minimum Gasteiger partial charge on any atom is -0.298 e. The molecule has 1 aromatic rings. The van der Waals surface area contributed by atoms with Gasteiger partial charge < -0.3 is 0 Å².